The van der Waals surface area contributed by atoms with Gasteiger partial charge < -0.3 is 10.6 Å². The molecule has 0 amide bonds. The summed E-state index contributed by atoms with van der Waals surface area (Å²) in [6, 6.07) is 14.1. The minimum Gasteiger partial charge on any atom is -0.358 e. The van der Waals surface area contributed by atoms with Gasteiger partial charge in [-0.25, -0.2) is 4.68 Å². The lowest BCUT2D eigenvalue weighted by Crippen LogP contribution is -2.28. The van der Waals surface area contributed by atoms with Crippen LogP contribution in [0.5, 0.6) is 0 Å². The summed E-state index contributed by atoms with van der Waals surface area (Å²) in [5, 5.41) is 12.4. The van der Waals surface area contributed by atoms with Gasteiger partial charge in [-0.05, 0) is 69.2 Å². The van der Waals surface area contributed by atoms with Crippen LogP contribution in [0, 0.1) is 27.7 Å². The number of aryl methyl sites for hydroxylation is 3. The first-order valence-electron chi connectivity index (χ1n) is 8.79. The molecule has 0 aliphatic carbocycles. The quantitative estimate of drug-likeness (QED) is 0.589. The molecule has 140 valence electrons. The smallest absolute Gasteiger partial charge is 0.171 e. The van der Waals surface area contributed by atoms with E-state index in [1.165, 1.54) is 0 Å². The molecule has 0 radical (unpaired) electrons. The maximum Gasteiger partial charge on any atom is 0.171 e. The number of nitrogens with one attached hydrogen (secondary N) is 2. The summed E-state index contributed by atoms with van der Waals surface area (Å²) in [4.78, 5) is 0. The zero-order chi connectivity index (χ0) is 19.6. The highest BCUT2D eigenvalue weighted by Crippen LogP contribution is 2.27. The van der Waals surface area contributed by atoms with Crippen LogP contribution >= 0.6 is 23.8 Å². The summed E-state index contributed by atoms with van der Waals surface area (Å²) >= 11 is 11.8. The van der Waals surface area contributed by atoms with Crippen molar-refractivity contribution in [1.82, 2.24) is 15.1 Å². The molecule has 4 nitrogen and oxygen atoms in total. The van der Waals surface area contributed by atoms with Crippen LogP contribution in [-0.2, 0) is 6.54 Å². The number of hydrogen-bond acceptors (Lipinski definition) is 2. The first kappa shape index (κ1) is 19.4. The molecule has 3 aromatic rings. The zero-order valence-corrected chi connectivity index (χ0v) is 17.5. The third-order valence-corrected chi connectivity index (χ3v) is 5.08. The molecule has 27 heavy (non-hydrogen) atoms. The fourth-order valence-corrected chi connectivity index (χ4v) is 3.69. The second-order valence-corrected chi connectivity index (χ2v) is 7.46. The average Bonchev–Trinajstić information content (AvgIpc) is 2.91. The van der Waals surface area contributed by atoms with E-state index in [0.29, 0.717) is 16.7 Å². The Morgan fingerprint density at radius 1 is 1.11 bits per heavy atom. The maximum atomic E-state index is 6.35. The zero-order valence-electron chi connectivity index (χ0n) is 15.9. The SMILES string of the molecule is Cc1cc(C)c(NC(=S)NCc2c(C)nn(-c3ccccc3)c2C)c(Cl)c1. The highest BCUT2D eigenvalue weighted by atomic mass is 35.5. The van der Waals surface area contributed by atoms with Crippen LogP contribution < -0.4 is 10.6 Å². The van der Waals surface area contributed by atoms with E-state index < -0.39 is 0 Å². The first-order valence-corrected chi connectivity index (χ1v) is 9.57. The Hall–Kier alpha value is -2.37. The van der Waals surface area contributed by atoms with E-state index in [2.05, 4.69) is 28.7 Å². The van der Waals surface area contributed by atoms with Crippen LogP contribution in [-0.4, -0.2) is 14.9 Å². The van der Waals surface area contributed by atoms with Gasteiger partial charge in [0.15, 0.2) is 5.11 Å². The van der Waals surface area contributed by atoms with Crippen LogP contribution in [0.3, 0.4) is 0 Å². The number of hydrogen-bond donors (Lipinski definition) is 2. The van der Waals surface area contributed by atoms with E-state index in [0.717, 1.165) is 39.5 Å². The van der Waals surface area contributed by atoms with E-state index in [9.17, 15) is 0 Å². The topological polar surface area (TPSA) is 41.9 Å². The van der Waals surface area contributed by atoms with Gasteiger partial charge in [0.2, 0.25) is 0 Å². The van der Waals surface area contributed by atoms with E-state index in [-0.39, 0.29) is 0 Å². The number of thiocarbonyl (C=S) groups is 1. The molecule has 0 aliphatic rings. The van der Waals surface area contributed by atoms with Crippen molar-refractivity contribution in [2.45, 2.75) is 34.2 Å². The highest BCUT2D eigenvalue weighted by molar-refractivity contribution is 7.80. The molecule has 0 bridgehead atoms. The Bertz CT molecular complexity index is 956. The Morgan fingerprint density at radius 3 is 2.48 bits per heavy atom. The minimum atomic E-state index is 0.537. The summed E-state index contributed by atoms with van der Waals surface area (Å²) in [5.41, 5.74) is 7.29. The number of halogens is 1. The summed E-state index contributed by atoms with van der Waals surface area (Å²) in [6.45, 7) is 8.72. The number of nitrogens with zero attached hydrogens (tertiary/aromatic N) is 2. The molecule has 0 fully saturated rings. The van der Waals surface area contributed by atoms with Gasteiger partial charge in [0, 0.05) is 17.8 Å². The third-order valence-electron chi connectivity index (χ3n) is 4.54. The van der Waals surface area contributed by atoms with Gasteiger partial charge in [-0.1, -0.05) is 35.9 Å². The summed E-state index contributed by atoms with van der Waals surface area (Å²) in [7, 11) is 0. The van der Waals surface area contributed by atoms with Crippen LogP contribution in [0.2, 0.25) is 5.02 Å². The molecule has 1 aromatic heterocycles. The Kier molecular flexibility index (Phi) is 5.82. The van der Waals surface area contributed by atoms with Crippen LogP contribution in [0.15, 0.2) is 42.5 Å². The molecule has 0 aliphatic heterocycles. The van der Waals surface area contributed by atoms with E-state index >= 15 is 0 Å². The van der Waals surface area contributed by atoms with Crippen molar-refractivity contribution in [3.05, 3.63) is 75.6 Å². The van der Waals surface area contributed by atoms with Crippen molar-refractivity contribution in [1.29, 1.82) is 0 Å². The average molecular weight is 399 g/mol. The van der Waals surface area contributed by atoms with Crippen LogP contribution in [0.25, 0.3) is 5.69 Å². The number of aromatic nitrogens is 2. The summed E-state index contributed by atoms with van der Waals surface area (Å²) in [5.74, 6) is 0. The molecular formula is C21H23ClN4S. The Labute approximate surface area is 170 Å². The second kappa shape index (κ2) is 8.11. The first-order chi connectivity index (χ1) is 12.9. The van der Waals surface area contributed by atoms with Gasteiger partial charge in [0.1, 0.15) is 0 Å². The molecule has 6 heteroatoms. The van der Waals surface area contributed by atoms with E-state index in [1.54, 1.807) is 0 Å². The molecular weight excluding hydrogens is 376 g/mol. The molecule has 1 heterocycles. The standard InChI is InChI=1S/C21H23ClN4S/c1-13-10-14(2)20(19(22)11-13)24-21(27)23-12-18-15(3)25-26(16(18)4)17-8-6-5-7-9-17/h5-11H,12H2,1-4H3,(H2,23,24,27). The lowest BCUT2D eigenvalue weighted by atomic mass is 10.1. The monoisotopic (exact) mass is 398 g/mol. The van der Waals surface area contributed by atoms with E-state index in [4.69, 9.17) is 23.8 Å². The number of anilines is 1. The van der Waals surface area contributed by atoms with Crippen molar-refractivity contribution >= 4 is 34.6 Å². The molecule has 0 saturated carbocycles. The summed E-state index contributed by atoms with van der Waals surface area (Å²) < 4.78 is 1.96. The third kappa shape index (κ3) is 4.31. The fourth-order valence-electron chi connectivity index (χ4n) is 3.15. The largest absolute Gasteiger partial charge is 0.358 e. The Balaban J connectivity index is 1.72. The van der Waals surface area contributed by atoms with Crippen molar-refractivity contribution in [2.24, 2.45) is 0 Å². The van der Waals surface area contributed by atoms with Gasteiger partial charge in [0.05, 0.1) is 22.1 Å². The molecule has 3 rings (SSSR count). The van der Waals surface area contributed by atoms with Gasteiger partial charge >= 0.3 is 0 Å². The fraction of sp³-hybridized carbons (Fsp3) is 0.238. The lowest BCUT2D eigenvalue weighted by molar-refractivity contribution is 0.830. The Morgan fingerprint density at radius 2 is 1.81 bits per heavy atom. The van der Waals surface area contributed by atoms with Gasteiger partial charge in [-0.3, -0.25) is 0 Å². The number of para-hydroxylation sites is 1. The van der Waals surface area contributed by atoms with Crippen molar-refractivity contribution < 1.29 is 0 Å². The van der Waals surface area contributed by atoms with Crippen LogP contribution in [0.4, 0.5) is 5.69 Å². The van der Waals surface area contributed by atoms with Gasteiger partial charge in [-0.2, -0.15) is 5.10 Å². The van der Waals surface area contributed by atoms with Crippen molar-refractivity contribution in [3.8, 4) is 5.69 Å². The normalized spacial score (nSPS) is 10.7. The van der Waals surface area contributed by atoms with Gasteiger partial charge in [-0.15, -0.1) is 0 Å². The van der Waals surface area contributed by atoms with E-state index in [1.807, 2.05) is 61.9 Å². The molecule has 0 atom stereocenters. The highest BCUT2D eigenvalue weighted by Gasteiger charge is 2.13. The molecule has 2 N–H and O–H groups in total. The molecule has 0 saturated heterocycles. The predicted molar refractivity (Wildman–Crippen MR) is 117 cm³/mol. The summed E-state index contributed by atoms with van der Waals surface area (Å²) in [6.07, 6.45) is 0. The number of rotatable bonds is 4. The molecule has 2 aromatic carbocycles. The van der Waals surface area contributed by atoms with Crippen LogP contribution in [0.1, 0.15) is 28.1 Å². The van der Waals surface area contributed by atoms with Crippen molar-refractivity contribution in [2.75, 3.05) is 5.32 Å². The number of benzene rings is 2. The van der Waals surface area contributed by atoms with Gasteiger partial charge in [0.25, 0.3) is 0 Å². The van der Waals surface area contributed by atoms with Crippen molar-refractivity contribution in [3.63, 3.8) is 0 Å². The lowest BCUT2D eigenvalue weighted by Gasteiger charge is -2.15. The molecule has 0 unspecified atom stereocenters. The maximum absolute atomic E-state index is 6.35. The molecule has 0 spiro atoms. The second-order valence-electron chi connectivity index (χ2n) is 6.64. The predicted octanol–water partition coefficient (Wildman–Crippen LogP) is 5.25. The minimum absolute atomic E-state index is 0.537.